The average Bonchev–Trinajstić information content (AvgIpc) is 3.35. The lowest BCUT2D eigenvalue weighted by atomic mass is 9.97. The zero-order chi connectivity index (χ0) is 18.2. The van der Waals surface area contributed by atoms with Crippen LogP contribution in [0.3, 0.4) is 0 Å². The molecule has 0 spiro atoms. The van der Waals surface area contributed by atoms with Crippen molar-refractivity contribution >= 4 is 5.78 Å². The van der Waals surface area contributed by atoms with Crippen LogP contribution < -0.4 is 0 Å². The number of carbonyl (C=O) groups excluding carboxylic acids is 1. The lowest BCUT2D eigenvalue weighted by Crippen LogP contribution is -2.21. The van der Waals surface area contributed by atoms with Crippen molar-refractivity contribution in [3.8, 4) is 17.3 Å². The third kappa shape index (κ3) is 3.80. The van der Waals surface area contributed by atoms with Gasteiger partial charge in [0.2, 0.25) is 0 Å². The van der Waals surface area contributed by atoms with Gasteiger partial charge in [0.1, 0.15) is 5.69 Å². The number of rotatable bonds is 6. The Morgan fingerprint density at radius 3 is 2.52 bits per heavy atom. The summed E-state index contributed by atoms with van der Waals surface area (Å²) < 4.78 is 1.87. The molecule has 2 aromatic rings. The van der Waals surface area contributed by atoms with Gasteiger partial charge in [-0.05, 0) is 52.2 Å². The Kier molecular flexibility index (Phi) is 4.49. The van der Waals surface area contributed by atoms with Gasteiger partial charge in [0.15, 0.2) is 5.78 Å². The Bertz CT molecular complexity index is 832. The Labute approximate surface area is 147 Å². The molecule has 130 valence electrons. The van der Waals surface area contributed by atoms with Crippen LogP contribution in [-0.4, -0.2) is 26.3 Å². The minimum Gasteiger partial charge on any atom is -0.390 e. The van der Waals surface area contributed by atoms with Gasteiger partial charge in [-0.3, -0.25) is 9.48 Å². The van der Waals surface area contributed by atoms with Crippen LogP contribution in [-0.2, 0) is 0 Å². The van der Waals surface area contributed by atoms with Gasteiger partial charge in [-0.1, -0.05) is 12.1 Å². The molecule has 5 heteroatoms. The highest BCUT2D eigenvalue weighted by Gasteiger charge is 2.32. The SMILES string of the molecule is Cc1c(-c2ccc(C#N)cc2)nn(C2CC2)c1C(=O)CCC(C)(C)O. The fraction of sp³-hybridized carbons (Fsp3) is 0.450. The van der Waals surface area contributed by atoms with Gasteiger partial charge in [0.05, 0.1) is 29.0 Å². The Balaban J connectivity index is 1.96. The summed E-state index contributed by atoms with van der Waals surface area (Å²) in [7, 11) is 0. The second-order valence-electron chi connectivity index (χ2n) is 7.42. The van der Waals surface area contributed by atoms with E-state index in [0.29, 0.717) is 30.1 Å². The minimum atomic E-state index is -0.857. The van der Waals surface area contributed by atoms with Gasteiger partial charge in [-0.25, -0.2) is 0 Å². The molecular formula is C20H23N3O2. The number of carbonyl (C=O) groups is 1. The van der Waals surface area contributed by atoms with E-state index in [1.165, 1.54) is 0 Å². The molecule has 1 aliphatic rings. The molecule has 1 aliphatic carbocycles. The largest absolute Gasteiger partial charge is 0.390 e. The monoisotopic (exact) mass is 337 g/mol. The second kappa shape index (κ2) is 6.45. The first kappa shape index (κ1) is 17.4. The van der Waals surface area contributed by atoms with E-state index < -0.39 is 5.60 Å². The van der Waals surface area contributed by atoms with Crippen LogP contribution >= 0.6 is 0 Å². The molecule has 0 aliphatic heterocycles. The predicted octanol–water partition coefficient (Wildman–Crippen LogP) is 3.80. The van der Waals surface area contributed by atoms with Gasteiger partial charge < -0.3 is 5.11 Å². The lowest BCUT2D eigenvalue weighted by Gasteiger charge is -2.16. The van der Waals surface area contributed by atoms with E-state index in [4.69, 9.17) is 10.4 Å². The number of aliphatic hydroxyl groups is 1. The van der Waals surface area contributed by atoms with Crippen molar-refractivity contribution in [2.24, 2.45) is 0 Å². The van der Waals surface area contributed by atoms with E-state index in [1.54, 1.807) is 26.0 Å². The van der Waals surface area contributed by atoms with Crippen molar-refractivity contribution in [3.63, 3.8) is 0 Å². The maximum Gasteiger partial charge on any atom is 0.181 e. The van der Waals surface area contributed by atoms with Gasteiger partial charge in [-0.2, -0.15) is 10.4 Å². The molecule has 5 nitrogen and oxygen atoms in total. The smallest absolute Gasteiger partial charge is 0.181 e. The number of aromatic nitrogens is 2. The van der Waals surface area contributed by atoms with Crippen molar-refractivity contribution in [3.05, 3.63) is 41.1 Å². The summed E-state index contributed by atoms with van der Waals surface area (Å²) in [4.78, 5) is 12.8. The van der Waals surface area contributed by atoms with Crippen LogP contribution in [0.25, 0.3) is 11.3 Å². The van der Waals surface area contributed by atoms with Gasteiger partial charge in [0, 0.05) is 17.5 Å². The molecule has 3 rings (SSSR count). The summed E-state index contributed by atoms with van der Waals surface area (Å²) in [5.74, 6) is 0.0268. The molecule has 1 N–H and O–H groups in total. The number of hydrogen-bond donors (Lipinski definition) is 1. The molecule has 25 heavy (non-hydrogen) atoms. The van der Waals surface area contributed by atoms with E-state index in [9.17, 15) is 9.90 Å². The summed E-state index contributed by atoms with van der Waals surface area (Å²) in [6.07, 6.45) is 2.81. The van der Waals surface area contributed by atoms with E-state index in [-0.39, 0.29) is 5.78 Å². The molecule has 1 heterocycles. The van der Waals surface area contributed by atoms with E-state index in [2.05, 4.69) is 6.07 Å². The first-order valence-electron chi connectivity index (χ1n) is 8.65. The fourth-order valence-corrected chi connectivity index (χ4v) is 2.95. The number of nitriles is 1. The number of Topliss-reactive ketones (excluding diaryl/α,β-unsaturated/α-hetero) is 1. The summed E-state index contributed by atoms with van der Waals surface area (Å²) in [5.41, 5.74) is 2.98. The molecule has 1 aromatic heterocycles. The molecule has 0 atom stereocenters. The van der Waals surface area contributed by atoms with Gasteiger partial charge in [0.25, 0.3) is 0 Å². The molecule has 1 saturated carbocycles. The molecule has 1 aromatic carbocycles. The highest BCUT2D eigenvalue weighted by molar-refractivity contribution is 5.97. The van der Waals surface area contributed by atoms with E-state index >= 15 is 0 Å². The molecule has 0 bridgehead atoms. The van der Waals surface area contributed by atoms with Crippen LogP contribution in [0.4, 0.5) is 0 Å². The summed E-state index contributed by atoms with van der Waals surface area (Å²) >= 11 is 0. The normalized spacial score (nSPS) is 14.4. The maximum atomic E-state index is 12.8. The lowest BCUT2D eigenvalue weighted by molar-refractivity contribution is 0.0629. The zero-order valence-electron chi connectivity index (χ0n) is 14.9. The van der Waals surface area contributed by atoms with Crippen LogP contribution in [0.1, 0.15) is 67.2 Å². The molecule has 0 saturated heterocycles. The first-order valence-corrected chi connectivity index (χ1v) is 8.65. The van der Waals surface area contributed by atoms with Crippen LogP contribution in [0.5, 0.6) is 0 Å². The topological polar surface area (TPSA) is 78.9 Å². The van der Waals surface area contributed by atoms with Crippen LogP contribution in [0.2, 0.25) is 0 Å². The highest BCUT2D eigenvalue weighted by Crippen LogP contribution is 2.38. The van der Waals surface area contributed by atoms with Gasteiger partial charge >= 0.3 is 0 Å². The third-order valence-electron chi connectivity index (χ3n) is 4.56. The van der Waals surface area contributed by atoms with E-state index in [1.807, 2.05) is 23.7 Å². The summed E-state index contributed by atoms with van der Waals surface area (Å²) in [5, 5.41) is 23.6. The Morgan fingerprint density at radius 1 is 1.36 bits per heavy atom. The number of ketones is 1. The van der Waals surface area contributed by atoms with Crippen LogP contribution in [0.15, 0.2) is 24.3 Å². The average molecular weight is 337 g/mol. The molecule has 1 fully saturated rings. The quantitative estimate of drug-likeness (QED) is 0.813. The zero-order valence-corrected chi connectivity index (χ0v) is 14.9. The van der Waals surface area contributed by atoms with Crippen molar-refractivity contribution in [2.75, 3.05) is 0 Å². The molecule has 0 unspecified atom stereocenters. The standard InChI is InChI=1S/C20H23N3O2/c1-13-18(15-6-4-14(12-21)5-7-15)22-23(16-8-9-16)19(13)17(24)10-11-20(2,3)25/h4-7,16,25H,8-11H2,1-3H3. The number of hydrogen-bond acceptors (Lipinski definition) is 4. The van der Waals surface area contributed by atoms with Crippen molar-refractivity contribution < 1.29 is 9.90 Å². The maximum absolute atomic E-state index is 12.8. The van der Waals surface area contributed by atoms with Crippen LogP contribution in [0, 0.1) is 18.3 Å². The molecular weight excluding hydrogens is 314 g/mol. The highest BCUT2D eigenvalue weighted by atomic mass is 16.3. The Hall–Kier alpha value is -2.45. The first-order chi connectivity index (χ1) is 11.8. The summed E-state index contributed by atoms with van der Waals surface area (Å²) in [6, 6.07) is 9.68. The number of benzene rings is 1. The summed E-state index contributed by atoms with van der Waals surface area (Å²) in [6.45, 7) is 5.36. The molecule has 0 amide bonds. The minimum absolute atomic E-state index is 0.0268. The van der Waals surface area contributed by atoms with Crippen molar-refractivity contribution in [2.45, 2.75) is 58.1 Å². The van der Waals surface area contributed by atoms with Crippen molar-refractivity contribution in [1.29, 1.82) is 5.26 Å². The van der Waals surface area contributed by atoms with Crippen molar-refractivity contribution in [1.82, 2.24) is 9.78 Å². The van der Waals surface area contributed by atoms with E-state index in [0.717, 1.165) is 29.7 Å². The second-order valence-corrected chi connectivity index (χ2v) is 7.42. The number of nitrogens with zero attached hydrogens (tertiary/aromatic N) is 3. The fourth-order valence-electron chi connectivity index (χ4n) is 2.95. The van der Waals surface area contributed by atoms with Gasteiger partial charge in [-0.15, -0.1) is 0 Å². The Morgan fingerprint density at radius 2 is 2.00 bits per heavy atom. The molecule has 0 radical (unpaired) electrons. The predicted molar refractivity (Wildman–Crippen MR) is 95.2 cm³/mol. The third-order valence-corrected chi connectivity index (χ3v) is 4.56.